The van der Waals surface area contributed by atoms with Gasteiger partial charge >= 0.3 is 24.0 Å². The lowest BCUT2D eigenvalue weighted by atomic mass is 9.84. The number of carbonyl (C=O) groups excluding carboxylic acids is 11. The number of primary amides is 1. The van der Waals surface area contributed by atoms with Crippen LogP contribution in [0, 0.1) is 11.8 Å². The number of nitrogens with zero attached hydrogens (tertiary/aromatic N) is 1. The number of aliphatic hydroxyl groups excluding tert-OH is 1. The number of benzene rings is 6. The van der Waals surface area contributed by atoms with Crippen molar-refractivity contribution in [3.05, 3.63) is 153 Å². The first kappa shape index (κ1) is 122. The van der Waals surface area contributed by atoms with Crippen molar-refractivity contribution in [2.24, 2.45) is 17.6 Å². The highest BCUT2D eigenvalue weighted by Gasteiger charge is 2.56. The van der Waals surface area contributed by atoms with Crippen molar-refractivity contribution < 1.29 is 122 Å². The van der Waals surface area contributed by atoms with Gasteiger partial charge in [-0.25, -0.2) is 9.59 Å². The van der Waals surface area contributed by atoms with E-state index in [4.69, 9.17) is 93.4 Å². The molecular weight excluding hydrogens is 2060 g/mol. The van der Waals surface area contributed by atoms with E-state index in [-0.39, 0.29) is 103 Å². The number of ketones is 1. The molecule has 6 aliphatic rings. The van der Waals surface area contributed by atoms with E-state index in [1.54, 1.807) is 66.7 Å². The second-order valence-corrected chi connectivity index (χ2v) is 78.6. The summed E-state index contributed by atoms with van der Waals surface area (Å²) < 4.78 is 96.2. The highest BCUT2D eigenvalue weighted by molar-refractivity contribution is 6.77. The molecule has 0 aliphatic carbocycles. The molecular formula is C109H159Cl2N7O26Si6. The van der Waals surface area contributed by atoms with E-state index in [1.165, 1.54) is 56.6 Å². The van der Waals surface area contributed by atoms with Crippen LogP contribution in [-0.4, -0.2) is 195 Å². The van der Waals surface area contributed by atoms with Gasteiger partial charge in [0, 0.05) is 50.1 Å². The minimum absolute atomic E-state index is 0.00490. The van der Waals surface area contributed by atoms with Crippen molar-refractivity contribution in [2.75, 3.05) is 20.8 Å². The maximum atomic E-state index is 17.7. The molecule has 6 aromatic rings. The van der Waals surface area contributed by atoms with E-state index in [0.29, 0.717) is 5.56 Å². The Labute approximate surface area is 900 Å². The molecule has 150 heavy (non-hydrogen) atoms. The van der Waals surface area contributed by atoms with Crippen LogP contribution in [0.25, 0.3) is 11.1 Å². The number of aliphatic hydroxyl groups is 1. The molecule has 7 amide bonds. The summed E-state index contributed by atoms with van der Waals surface area (Å²) in [5.74, 6) is -14.0. The fraction of sp³-hybridized carbons (Fsp3) is 0.569. The number of likely N-dealkylation sites (N-methyl/N-ethyl adjacent to an activating group) is 1. The van der Waals surface area contributed by atoms with Crippen LogP contribution in [0.2, 0.25) is 119 Å². The normalized spacial score (nSPS) is 21.8. The summed E-state index contributed by atoms with van der Waals surface area (Å²) in [4.78, 5) is 174. The monoisotopic (exact) mass is 2220 g/mol. The van der Waals surface area contributed by atoms with Crippen LogP contribution in [0.5, 0.6) is 46.0 Å². The van der Waals surface area contributed by atoms with Gasteiger partial charge in [0.25, 0.3) is 16.6 Å². The van der Waals surface area contributed by atoms with Gasteiger partial charge in [-0.3, -0.25) is 48.1 Å². The second-order valence-electron chi connectivity index (χ2n) is 49.3. The number of Topliss-reactive ketones (excluding diaryl/α,β-unsaturated/α-hetero) is 1. The number of esters is 3. The van der Waals surface area contributed by atoms with E-state index >= 15 is 33.6 Å². The lowest BCUT2D eigenvalue weighted by Crippen LogP contribution is -2.63. The number of ether oxygens (including phenoxy) is 8. The van der Waals surface area contributed by atoms with Crippen LogP contribution >= 0.6 is 23.2 Å². The van der Waals surface area contributed by atoms with Gasteiger partial charge in [0.15, 0.2) is 66.6 Å². The Hall–Kier alpha value is -10.0. The number of nitrogens with one attached hydrogen (secondary N) is 5. The van der Waals surface area contributed by atoms with Gasteiger partial charge < -0.3 is 102 Å². The first-order valence-corrected chi connectivity index (χ1v) is 69.2. The SMILES string of the molecule is COC(=O)C1NC(=O)[C@H]2CC(=O)[C@H](NC(=O)[C@@H]3NC(=O)[C@H](CC(N)=O)NC(=O)[C@H](NC(=O)[C@@H](CC(C)C)N(C)C(=O)OCc4ccccc4)[C@H](O[Si](C)(C)C(C)(C)C)c4ccc(c(Cl)c4)Oc4cc3cc(c4O[C@@H]3O[C@H](CO[Si](C)(C)C(C)(C)C)[C@@H](OC(C)=O)[C@H](OC(C)=O)[C@H]3O)Oc3ccc(cc3Cl)[C@@H]2O[Si](C)(C)C(C)(C)C)c2ccc(O[Si](C)(C)C(C)(C)C)c(c2)-c2c(O[Si](C)(C)C(C)(C)C)cc(O[Si](C)(C)C(C)(C)C)cc21. The summed E-state index contributed by atoms with van der Waals surface area (Å²) in [5, 5.41) is 24.0. The number of rotatable bonds is 27. The molecule has 11 bridgehead atoms. The van der Waals surface area contributed by atoms with Gasteiger partial charge in [0.1, 0.15) is 71.7 Å². The van der Waals surface area contributed by atoms with Gasteiger partial charge in [-0.2, -0.15) is 0 Å². The Kier molecular flexibility index (Phi) is 37.6. The van der Waals surface area contributed by atoms with E-state index < -0.39 is 261 Å². The number of amides is 7. The molecule has 12 rings (SSSR count). The predicted molar refractivity (Wildman–Crippen MR) is 590 cm³/mol. The molecule has 6 aromatic carbocycles. The van der Waals surface area contributed by atoms with Crippen molar-refractivity contribution in [2.45, 2.75) is 366 Å². The van der Waals surface area contributed by atoms with Crippen LogP contribution < -0.4 is 59.8 Å². The third-order valence-electron chi connectivity index (χ3n) is 31.1. The quantitative estimate of drug-likeness (QED) is 0.0143. The van der Waals surface area contributed by atoms with Gasteiger partial charge in [0.05, 0.1) is 48.3 Å². The third-order valence-corrected chi connectivity index (χ3v) is 58.2. The Morgan fingerprint density at radius 1 is 0.540 bits per heavy atom. The fourth-order valence-electron chi connectivity index (χ4n) is 16.0. The number of nitrogens with two attached hydrogens (primary N) is 1. The Morgan fingerprint density at radius 2 is 1.03 bits per heavy atom. The molecule has 0 radical (unpaired) electrons. The molecule has 0 spiro atoms. The summed E-state index contributed by atoms with van der Waals surface area (Å²) in [6.45, 7) is 65.4. The maximum Gasteiger partial charge on any atom is 0.410 e. The Morgan fingerprint density at radius 3 is 1.53 bits per heavy atom. The zero-order valence-corrected chi connectivity index (χ0v) is 102. The first-order chi connectivity index (χ1) is 68.8. The lowest BCUT2D eigenvalue weighted by molar-refractivity contribution is -0.283. The van der Waals surface area contributed by atoms with Crippen molar-refractivity contribution in [3.63, 3.8) is 0 Å². The molecule has 1 unspecified atom stereocenters. The predicted octanol–water partition coefficient (Wildman–Crippen LogP) is 21.4. The summed E-state index contributed by atoms with van der Waals surface area (Å²) in [6.07, 6.45) is -15.1. The van der Waals surface area contributed by atoms with E-state index in [1.807, 2.05) is 162 Å². The van der Waals surface area contributed by atoms with Gasteiger partial charge in [0.2, 0.25) is 55.8 Å². The zero-order chi connectivity index (χ0) is 113. The average Bonchev–Trinajstić information content (AvgIpc) is 0.672. The first-order valence-electron chi connectivity index (χ1n) is 51.0. The molecule has 14 atom stereocenters. The summed E-state index contributed by atoms with van der Waals surface area (Å²) in [5.41, 5.74) is 7.28. The minimum atomic E-state index is -3.35. The number of hydrogen-bond donors (Lipinski definition) is 7. The van der Waals surface area contributed by atoms with Crippen LogP contribution in [0.1, 0.15) is 235 Å². The van der Waals surface area contributed by atoms with E-state index in [0.717, 1.165) is 18.7 Å². The van der Waals surface area contributed by atoms with Gasteiger partial charge in [-0.15, -0.1) is 0 Å². The van der Waals surface area contributed by atoms with Gasteiger partial charge in [-0.05, 0) is 204 Å². The minimum Gasteiger partial charge on any atom is -0.543 e. The zero-order valence-electron chi connectivity index (χ0n) is 94.0. The number of methoxy groups -OCH3 is 1. The smallest absolute Gasteiger partial charge is 0.410 e. The fourth-order valence-corrected chi connectivity index (χ4v) is 23.1. The largest absolute Gasteiger partial charge is 0.543 e. The molecule has 6 aliphatic heterocycles. The molecule has 6 heterocycles. The van der Waals surface area contributed by atoms with Crippen LogP contribution in [0.15, 0.2) is 109 Å². The topological polar surface area (TPSA) is 427 Å². The Bertz CT molecular complexity index is 6020. The number of fused-ring (bicyclic) bond motifs is 15. The Balaban J connectivity index is 1.38. The molecule has 0 aromatic heterocycles. The van der Waals surface area contributed by atoms with E-state index in [2.05, 4.69) is 81.2 Å². The molecule has 1 fully saturated rings. The third kappa shape index (κ3) is 28.6. The standard InChI is InChI=1S/C109H159Cl2N7O26Si6/c1-60(2)48-75(118(23)103(130)132-58-63-40-38-37-39-41-63)98(126)117-89-92(144-150(35,36)109(20,21)22)66-44-47-79(73(111)51-66)137-82-53-67-52-81(93(82)139-102-90(123)95(135-62(4)120)94(134-61(3)119)83(138-102)59-133-145(25,26)104(5,6)7)136-78-46-43-65(50-72(78)110)91(143-149(33,34)108(17,18)19)71-56-76(121)86(114-99(127)87(67)115-97(125)74(57-84(112)122)113-100(89)128)64-42-45-77(141-147(29,30)106(11,12)13)69(49-64)85-70(88(101(129)131-24)116-96(71)124)54-68(140-146(27,28)105(8,9)10)55-80(85)142-148(31,32)107(14,15)16/h37-47,49-55,60,71,74-75,83,86-92,94-95,102,123H,48,56-59H2,1-36H3,(H2,112,122)(H,113,128)(H,114,127)(H,115,125)(H,116,124)(H,117,126)/t71-,74-,75+,83+,86+,87+,88?,89+,90+,91-,92+,94+,95+,102-/m0/s1. The molecule has 8 N–H and O–H groups in total. The highest BCUT2D eigenvalue weighted by atomic mass is 35.5. The van der Waals surface area contributed by atoms with Crippen molar-refractivity contribution in [1.29, 1.82) is 0 Å². The summed E-state index contributed by atoms with van der Waals surface area (Å²) in [7, 11) is -16.1. The molecule has 33 nitrogen and oxygen atoms in total. The van der Waals surface area contributed by atoms with E-state index in [9.17, 15) is 24.3 Å². The van der Waals surface area contributed by atoms with Crippen LogP contribution in [-0.2, 0) is 91.5 Å². The van der Waals surface area contributed by atoms with Crippen LogP contribution in [0.3, 0.4) is 0 Å². The average molecular weight is 2220 g/mol. The molecule has 41 heteroatoms. The maximum absolute atomic E-state index is 17.7. The number of hydrogen-bond acceptors (Lipinski definition) is 26. The second kappa shape index (κ2) is 46.3. The lowest BCUT2D eigenvalue weighted by Gasteiger charge is -2.44. The van der Waals surface area contributed by atoms with Crippen molar-refractivity contribution >= 4 is 138 Å². The summed E-state index contributed by atoms with van der Waals surface area (Å²) >= 11 is 15.6. The van der Waals surface area contributed by atoms with Crippen LogP contribution in [0.4, 0.5) is 4.79 Å². The molecule has 1 saturated heterocycles. The van der Waals surface area contributed by atoms with Gasteiger partial charge in [-0.1, -0.05) is 210 Å². The summed E-state index contributed by atoms with van der Waals surface area (Å²) in [6, 6.07) is 16.7. The van der Waals surface area contributed by atoms with Crippen molar-refractivity contribution in [3.8, 4) is 57.1 Å². The molecule has 0 saturated carbocycles. The molecule has 824 valence electrons. The number of carbonyl (C=O) groups is 11. The van der Waals surface area contributed by atoms with Crippen molar-refractivity contribution in [1.82, 2.24) is 31.5 Å². The number of halogens is 2. The highest BCUT2D eigenvalue weighted by Crippen LogP contribution is 2.56.